The van der Waals surface area contributed by atoms with Crippen LogP contribution in [0.2, 0.25) is 0 Å². The molecule has 0 atom stereocenters. The summed E-state index contributed by atoms with van der Waals surface area (Å²) in [5.74, 6) is -1.42. The molecule has 0 aliphatic carbocycles. The van der Waals surface area contributed by atoms with Crippen LogP contribution in [0.4, 0.5) is 8.78 Å². The maximum Gasteiger partial charge on any atom is 0.307 e. The van der Waals surface area contributed by atoms with Gasteiger partial charge in [0.25, 0.3) is 6.43 Å². The summed E-state index contributed by atoms with van der Waals surface area (Å²) >= 11 is 5.52. The Labute approximate surface area is 101 Å². The smallest absolute Gasteiger partial charge is 0.307 e. The monoisotopic (exact) mass is 259 g/mol. The first-order chi connectivity index (χ1) is 8.01. The molecule has 0 amide bonds. The number of rotatable bonds is 4. The molecule has 0 bridgehead atoms. The third-order valence-electron chi connectivity index (χ3n) is 2.26. The lowest BCUT2D eigenvalue weighted by molar-refractivity contribution is -0.136. The zero-order valence-electron chi connectivity index (χ0n) is 8.58. The Hall–Kier alpha value is -1.67. The first-order valence-corrected chi connectivity index (χ1v) is 5.15. The minimum absolute atomic E-state index is 0.0587. The lowest BCUT2D eigenvalue weighted by Gasteiger charge is -2.13. The van der Waals surface area contributed by atoms with Crippen molar-refractivity contribution < 1.29 is 18.7 Å². The van der Waals surface area contributed by atoms with Crippen molar-refractivity contribution in [2.24, 2.45) is 0 Å². The van der Waals surface area contributed by atoms with Gasteiger partial charge in [0.05, 0.1) is 18.1 Å². The molecular weight excluding hydrogens is 252 g/mol. The largest absolute Gasteiger partial charge is 0.481 e. The fourth-order valence-electron chi connectivity index (χ4n) is 1.55. The van der Waals surface area contributed by atoms with E-state index in [0.29, 0.717) is 0 Å². The highest BCUT2D eigenvalue weighted by Crippen LogP contribution is 2.30. The van der Waals surface area contributed by atoms with Gasteiger partial charge in [-0.2, -0.15) is 5.26 Å². The lowest BCUT2D eigenvalue weighted by Crippen LogP contribution is -2.09. The maximum absolute atomic E-state index is 12.9. The lowest BCUT2D eigenvalue weighted by atomic mass is 9.95. The third-order valence-corrected chi connectivity index (χ3v) is 2.55. The quantitative estimate of drug-likeness (QED) is 0.846. The average Bonchev–Trinajstić information content (AvgIpc) is 2.27. The van der Waals surface area contributed by atoms with E-state index in [-0.39, 0.29) is 22.6 Å². The SMILES string of the molecule is N#Cc1ccc(CCl)c(C(F)F)c1CC(=O)O. The van der Waals surface area contributed by atoms with Crippen LogP contribution < -0.4 is 0 Å². The van der Waals surface area contributed by atoms with Crippen LogP contribution in [0.3, 0.4) is 0 Å². The topological polar surface area (TPSA) is 61.1 Å². The van der Waals surface area contributed by atoms with E-state index in [2.05, 4.69) is 0 Å². The summed E-state index contributed by atoms with van der Waals surface area (Å²) in [6.45, 7) is 0. The second-order valence-electron chi connectivity index (χ2n) is 3.28. The number of halogens is 3. The van der Waals surface area contributed by atoms with Crippen LogP contribution in [0.1, 0.15) is 28.7 Å². The number of nitriles is 1. The fourth-order valence-corrected chi connectivity index (χ4v) is 1.78. The molecule has 0 aliphatic rings. The van der Waals surface area contributed by atoms with E-state index in [1.54, 1.807) is 6.07 Å². The predicted molar refractivity (Wildman–Crippen MR) is 57.0 cm³/mol. The van der Waals surface area contributed by atoms with Crippen molar-refractivity contribution in [3.05, 3.63) is 34.4 Å². The second-order valence-corrected chi connectivity index (χ2v) is 3.55. The molecule has 0 saturated heterocycles. The fraction of sp³-hybridized carbons (Fsp3) is 0.273. The van der Waals surface area contributed by atoms with Gasteiger partial charge in [-0.1, -0.05) is 6.07 Å². The van der Waals surface area contributed by atoms with Crippen LogP contribution in [0, 0.1) is 11.3 Å². The van der Waals surface area contributed by atoms with Gasteiger partial charge in [0, 0.05) is 11.4 Å². The van der Waals surface area contributed by atoms with Crippen LogP contribution in [0.5, 0.6) is 0 Å². The van der Waals surface area contributed by atoms with Gasteiger partial charge in [-0.05, 0) is 17.2 Å². The number of nitrogens with zero attached hydrogens (tertiary/aromatic N) is 1. The van der Waals surface area contributed by atoms with Gasteiger partial charge in [-0.3, -0.25) is 4.79 Å². The maximum atomic E-state index is 12.9. The predicted octanol–water partition coefficient (Wildman–Crippen LogP) is 2.86. The minimum atomic E-state index is -2.86. The summed E-state index contributed by atoms with van der Waals surface area (Å²) in [7, 11) is 0. The zero-order chi connectivity index (χ0) is 13.0. The number of benzene rings is 1. The van der Waals surface area contributed by atoms with Gasteiger partial charge in [0.1, 0.15) is 0 Å². The molecule has 3 nitrogen and oxygen atoms in total. The normalized spacial score (nSPS) is 10.3. The van der Waals surface area contributed by atoms with Crippen molar-refractivity contribution in [3.63, 3.8) is 0 Å². The van der Waals surface area contributed by atoms with Crippen molar-refractivity contribution in [1.29, 1.82) is 5.26 Å². The molecule has 0 spiro atoms. The van der Waals surface area contributed by atoms with Gasteiger partial charge in [-0.25, -0.2) is 8.78 Å². The number of carboxylic acids is 1. The summed E-state index contributed by atoms with van der Waals surface area (Å²) in [5.41, 5.74) is -0.511. The second kappa shape index (κ2) is 5.60. The van der Waals surface area contributed by atoms with Gasteiger partial charge in [0.15, 0.2) is 0 Å². The number of alkyl halides is 3. The van der Waals surface area contributed by atoms with Crippen molar-refractivity contribution >= 4 is 17.6 Å². The van der Waals surface area contributed by atoms with Crippen LogP contribution in [-0.4, -0.2) is 11.1 Å². The molecule has 1 aromatic carbocycles. The molecule has 0 unspecified atom stereocenters. The zero-order valence-corrected chi connectivity index (χ0v) is 9.34. The standard InChI is InChI=1S/C11H8ClF2NO2/c12-4-6-1-2-7(5-15)8(3-9(16)17)10(6)11(13)14/h1-2,11H,3-4H2,(H,16,17). The third kappa shape index (κ3) is 2.92. The van der Waals surface area contributed by atoms with E-state index in [1.165, 1.54) is 12.1 Å². The summed E-state index contributed by atoms with van der Waals surface area (Å²) in [4.78, 5) is 10.6. The van der Waals surface area contributed by atoms with Crippen LogP contribution in [0.25, 0.3) is 0 Å². The number of carboxylic acid groups (broad SMARTS) is 1. The Morgan fingerprint density at radius 1 is 1.53 bits per heavy atom. The minimum Gasteiger partial charge on any atom is -0.481 e. The first-order valence-electron chi connectivity index (χ1n) is 4.62. The summed E-state index contributed by atoms with van der Waals surface area (Å²) in [5, 5.41) is 17.4. The van der Waals surface area contributed by atoms with Crippen molar-refractivity contribution in [2.45, 2.75) is 18.7 Å². The van der Waals surface area contributed by atoms with E-state index in [9.17, 15) is 13.6 Å². The molecule has 0 saturated carbocycles. The van der Waals surface area contributed by atoms with E-state index in [0.717, 1.165) is 0 Å². The Kier molecular flexibility index (Phi) is 4.41. The molecule has 6 heteroatoms. The van der Waals surface area contributed by atoms with E-state index in [1.807, 2.05) is 0 Å². The Morgan fingerprint density at radius 3 is 2.59 bits per heavy atom. The summed E-state index contributed by atoms with van der Waals surface area (Å²) < 4.78 is 25.8. The summed E-state index contributed by atoms with van der Waals surface area (Å²) in [6.07, 6.45) is -3.47. The van der Waals surface area contributed by atoms with Gasteiger partial charge >= 0.3 is 5.97 Å². The van der Waals surface area contributed by atoms with E-state index in [4.69, 9.17) is 22.0 Å². The highest BCUT2D eigenvalue weighted by Gasteiger charge is 2.22. The van der Waals surface area contributed by atoms with Crippen molar-refractivity contribution in [1.82, 2.24) is 0 Å². The molecule has 0 heterocycles. The summed E-state index contributed by atoms with van der Waals surface area (Å²) in [6, 6.07) is 4.33. The molecule has 1 N–H and O–H groups in total. The molecule has 0 radical (unpaired) electrons. The number of aliphatic carboxylic acids is 1. The first kappa shape index (κ1) is 13.4. The van der Waals surface area contributed by atoms with Crippen LogP contribution in [-0.2, 0) is 17.1 Å². The van der Waals surface area contributed by atoms with Gasteiger partial charge < -0.3 is 5.11 Å². The van der Waals surface area contributed by atoms with Gasteiger partial charge in [0.2, 0.25) is 0 Å². The molecule has 0 aromatic heterocycles. The van der Waals surface area contributed by atoms with E-state index >= 15 is 0 Å². The Balaban J connectivity index is 3.47. The number of hydrogen-bond acceptors (Lipinski definition) is 2. The Bertz CT molecular complexity index is 483. The van der Waals surface area contributed by atoms with E-state index < -0.39 is 24.4 Å². The van der Waals surface area contributed by atoms with Crippen LogP contribution in [0.15, 0.2) is 12.1 Å². The van der Waals surface area contributed by atoms with Gasteiger partial charge in [-0.15, -0.1) is 11.6 Å². The highest BCUT2D eigenvalue weighted by atomic mass is 35.5. The molecular formula is C11H8ClF2NO2. The van der Waals surface area contributed by atoms with Crippen LogP contribution >= 0.6 is 11.6 Å². The molecule has 1 aromatic rings. The molecule has 17 heavy (non-hydrogen) atoms. The Morgan fingerprint density at radius 2 is 2.18 bits per heavy atom. The molecule has 90 valence electrons. The number of hydrogen-bond donors (Lipinski definition) is 1. The highest BCUT2D eigenvalue weighted by molar-refractivity contribution is 6.17. The molecule has 0 aliphatic heterocycles. The van der Waals surface area contributed by atoms with Crippen molar-refractivity contribution in [2.75, 3.05) is 0 Å². The van der Waals surface area contributed by atoms with Crippen molar-refractivity contribution in [3.8, 4) is 6.07 Å². The molecule has 0 fully saturated rings. The molecule has 1 rings (SSSR count). The average molecular weight is 260 g/mol. The number of carbonyl (C=O) groups is 1.